The largest absolute Gasteiger partial charge is 0.465 e. The maximum atomic E-state index is 11.7. The average molecular weight is 269 g/mol. The fourth-order valence-corrected chi connectivity index (χ4v) is 3.40. The Bertz CT molecular complexity index is 464. The number of hydrogen-bond acceptors (Lipinski definition) is 7. The number of nitrogen functional groups attached to an aromatic ring is 1. The lowest BCUT2D eigenvalue weighted by atomic mass is 10.2. The highest BCUT2D eigenvalue weighted by Gasteiger charge is 2.36. The van der Waals surface area contributed by atoms with Crippen LogP contribution in [0.3, 0.4) is 0 Å². The minimum Gasteiger partial charge on any atom is -0.465 e. The summed E-state index contributed by atoms with van der Waals surface area (Å²) in [7, 11) is 1.35. The van der Waals surface area contributed by atoms with Crippen LogP contribution in [-0.2, 0) is 9.47 Å². The van der Waals surface area contributed by atoms with E-state index < -0.39 is 5.97 Å². The van der Waals surface area contributed by atoms with Crippen LogP contribution in [0.15, 0.2) is 0 Å². The zero-order chi connectivity index (χ0) is 12.7. The summed E-state index contributed by atoms with van der Waals surface area (Å²) >= 11 is 1.25. The number of ether oxygens (including phenoxy) is 2. The normalized spacial score (nSPS) is 26.4. The molecule has 2 saturated heterocycles. The topological polar surface area (TPSA) is 77.7 Å². The minimum absolute atomic E-state index is 0.251. The molecule has 0 spiro atoms. The lowest BCUT2D eigenvalue weighted by molar-refractivity contribution is 0.0305. The van der Waals surface area contributed by atoms with Crippen molar-refractivity contribution in [3.63, 3.8) is 0 Å². The summed E-state index contributed by atoms with van der Waals surface area (Å²) in [6.45, 7) is 1.59. The number of anilines is 2. The molecule has 2 atom stereocenters. The molecule has 18 heavy (non-hydrogen) atoms. The molecule has 0 saturated carbocycles. The molecule has 1 aromatic rings. The van der Waals surface area contributed by atoms with Gasteiger partial charge in [-0.05, 0) is 24.4 Å². The molecule has 98 valence electrons. The number of fused-ring (bicyclic) bond motifs is 2. The second-order valence-corrected chi connectivity index (χ2v) is 5.35. The summed E-state index contributed by atoms with van der Waals surface area (Å²) < 4.78 is 14.6. The van der Waals surface area contributed by atoms with Gasteiger partial charge in [-0.25, -0.2) is 4.79 Å². The molecular weight excluding hydrogens is 254 g/mol. The van der Waals surface area contributed by atoms with Gasteiger partial charge in [0, 0.05) is 13.1 Å². The summed E-state index contributed by atoms with van der Waals surface area (Å²) in [5.41, 5.74) is 6.14. The van der Waals surface area contributed by atoms with Crippen molar-refractivity contribution in [3.05, 3.63) is 5.56 Å². The third-order valence-electron chi connectivity index (χ3n) is 3.42. The molecule has 2 aliphatic heterocycles. The Hall–Kier alpha value is -1.34. The van der Waals surface area contributed by atoms with Crippen molar-refractivity contribution in [2.75, 3.05) is 30.8 Å². The maximum Gasteiger partial charge on any atom is 0.344 e. The fraction of sp³-hybridized carbons (Fsp3) is 0.636. The molecule has 3 heterocycles. The van der Waals surface area contributed by atoms with Crippen molar-refractivity contribution in [3.8, 4) is 0 Å². The predicted molar refractivity (Wildman–Crippen MR) is 68.0 cm³/mol. The second kappa shape index (κ2) is 4.40. The standard InChI is InChI=1S/C11H15N3O3S/c1-16-11(15)8-9(12)13-18-10(8)14-4-6-2-3-7(5-14)17-6/h6-7H,2-5H2,1H3,(H2,12,13). The summed E-state index contributed by atoms with van der Waals surface area (Å²) in [6.07, 6.45) is 2.70. The first-order valence-electron chi connectivity index (χ1n) is 5.93. The maximum absolute atomic E-state index is 11.7. The van der Waals surface area contributed by atoms with Crippen LogP contribution >= 0.6 is 11.5 Å². The van der Waals surface area contributed by atoms with E-state index in [4.69, 9.17) is 15.2 Å². The van der Waals surface area contributed by atoms with Gasteiger partial charge in [0.05, 0.1) is 19.3 Å². The number of aromatic nitrogens is 1. The molecular formula is C11H15N3O3S. The molecule has 2 bridgehead atoms. The van der Waals surface area contributed by atoms with Crippen molar-refractivity contribution in [2.45, 2.75) is 25.0 Å². The molecule has 2 N–H and O–H groups in total. The molecule has 0 aromatic carbocycles. The molecule has 2 fully saturated rings. The average Bonchev–Trinajstić information content (AvgIpc) is 2.91. The fourth-order valence-electron chi connectivity index (χ4n) is 2.58. The molecule has 2 aliphatic rings. The van der Waals surface area contributed by atoms with Crippen LogP contribution in [0.2, 0.25) is 0 Å². The molecule has 2 unspecified atom stereocenters. The van der Waals surface area contributed by atoms with Crippen molar-refractivity contribution >= 4 is 28.3 Å². The summed E-state index contributed by atoms with van der Waals surface area (Å²) in [5, 5.41) is 0.805. The Morgan fingerprint density at radius 3 is 2.78 bits per heavy atom. The highest BCUT2D eigenvalue weighted by atomic mass is 32.1. The summed E-state index contributed by atoms with van der Waals surface area (Å²) in [6, 6.07) is 0. The number of hydrogen-bond donors (Lipinski definition) is 1. The first-order valence-corrected chi connectivity index (χ1v) is 6.70. The quantitative estimate of drug-likeness (QED) is 0.803. The van der Waals surface area contributed by atoms with Gasteiger partial charge in [-0.15, -0.1) is 0 Å². The number of morpholine rings is 1. The third-order valence-corrected chi connectivity index (χ3v) is 4.34. The molecule has 0 aliphatic carbocycles. The summed E-state index contributed by atoms with van der Waals surface area (Å²) in [5.74, 6) is -0.171. The Kier molecular flexibility index (Phi) is 2.87. The van der Waals surface area contributed by atoms with E-state index in [0.29, 0.717) is 5.56 Å². The number of carbonyl (C=O) groups is 1. The molecule has 0 radical (unpaired) electrons. The van der Waals surface area contributed by atoms with Gasteiger partial charge < -0.3 is 20.1 Å². The van der Waals surface area contributed by atoms with Gasteiger partial charge in [0.2, 0.25) is 0 Å². The van der Waals surface area contributed by atoms with E-state index in [9.17, 15) is 4.79 Å². The highest BCUT2D eigenvalue weighted by molar-refractivity contribution is 7.11. The van der Waals surface area contributed by atoms with Gasteiger partial charge in [-0.3, -0.25) is 0 Å². The van der Waals surface area contributed by atoms with Gasteiger partial charge in [0.1, 0.15) is 10.6 Å². The van der Waals surface area contributed by atoms with Gasteiger partial charge >= 0.3 is 5.97 Å². The van der Waals surface area contributed by atoms with Crippen LogP contribution in [0.5, 0.6) is 0 Å². The Morgan fingerprint density at radius 2 is 2.17 bits per heavy atom. The van der Waals surface area contributed by atoms with E-state index in [0.717, 1.165) is 30.9 Å². The van der Waals surface area contributed by atoms with Crippen LogP contribution in [0, 0.1) is 0 Å². The molecule has 6 nitrogen and oxygen atoms in total. The second-order valence-electron chi connectivity index (χ2n) is 4.60. The number of rotatable bonds is 2. The number of carbonyl (C=O) groups excluding carboxylic acids is 1. The first-order chi connectivity index (χ1) is 8.69. The van der Waals surface area contributed by atoms with Crippen LogP contribution in [0.4, 0.5) is 10.8 Å². The Labute approximate surface area is 109 Å². The zero-order valence-electron chi connectivity index (χ0n) is 10.1. The van der Waals surface area contributed by atoms with Gasteiger partial charge in [0.15, 0.2) is 5.82 Å². The SMILES string of the molecule is COC(=O)c1c(N)nsc1N1CC2CCC(C1)O2. The van der Waals surface area contributed by atoms with Crippen LogP contribution in [-0.4, -0.2) is 42.8 Å². The number of nitrogens with two attached hydrogens (primary N) is 1. The van der Waals surface area contributed by atoms with Crippen LogP contribution in [0.25, 0.3) is 0 Å². The van der Waals surface area contributed by atoms with Crippen molar-refractivity contribution in [1.82, 2.24) is 4.37 Å². The van der Waals surface area contributed by atoms with Crippen LogP contribution < -0.4 is 10.6 Å². The van der Waals surface area contributed by atoms with E-state index in [1.807, 2.05) is 0 Å². The Morgan fingerprint density at radius 1 is 1.50 bits per heavy atom. The predicted octanol–water partition coefficient (Wildman–Crippen LogP) is 0.879. The lowest BCUT2D eigenvalue weighted by Gasteiger charge is -2.32. The zero-order valence-corrected chi connectivity index (χ0v) is 10.9. The van der Waals surface area contributed by atoms with Gasteiger partial charge in [-0.2, -0.15) is 4.37 Å². The monoisotopic (exact) mass is 269 g/mol. The molecule has 1 aromatic heterocycles. The Balaban J connectivity index is 1.90. The van der Waals surface area contributed by atoms with Crippen molar-refractivity contribution in [2.24, 2.45) is 0 Å². The van der Waals surface area contributed by atoms with E-state index >= 15 is 0 Å². The lowest BCUT2D eigenvalue weighted by Crippen LogP contribution is -2.42. The highest BCUT2D eigenvalue weighted by Crippen LogP contribution is 2.36. The van der Waals surface area contributed by atoms with Crippen molar-refractivity contribution in [1.29, 1.82) is 0 Å². The third kappa shape index (κ3) is 1.83. The van der Waals surface area contributed by atoms with Crippen LogP contribution in [0.1, 0.15) is 23.2 Å². The minimum atomic E-state index is -0.421. The van der Waals surface area contributed by atoms with E-state index in [1.165, 1.54) is 18.6 Å². The first kappa shape index (κ1) is 11.7. The van der Waals surface area contributed by atoms with E-state index in [1.54, 1.807) is 0 Å². The number of nitrogens with zero attached hydrogens (tertiary/aromatic N) is 2. The summed E-state index contributed by atoms with van der Waals surface area (Å²) in [4.78, 5) is 13.9. The van der Waals surface area contributed by atoms with E-state index in [-0.39, 0.29) is 18.0 Å². The van der Waals surface area contributed by atoms with E-state index in [2.05, 4.69) is 9.27 Å². The van der Waals surface area contributed by atoms with Crippen molar-refractivity contribution < 1.29 is 14.3 Å². The van der Waals surface area contributed by atoms with Gasteiger partial charge in [0.25, 0.3) is 0 Å². The smallest absolute Gasteiger partial charge is 0.344 e. The van der Waals surface area contributed by atoms with Gasteiger partial charge in [-0.1, -0.05) is 0 Å². The number of esters is 1. The number of methoxy groups -OCH3 is 1. The molecule has 0 amide bonds. The molecule has 3 rings (SSSR count). The molecule has 7 heteroatoms.